The highest BCUT2D eigenvalue weighted by Gasteiger charge is 2.20. The number of anilines is 1. The normalized spacial score (nSPS) is 11.6. The van der Waals surface area contributed by atoms with Gasteiger partial charge in [0.15, 0.2) is 0 Å². The molecule has 0 heterocycles. The monoisotopic (exact) mass is 343 g/mol. The summed E-state index contributed by atoms with van der Waals surface area (Å²) in [5.74, 6) is 0.455. The number of para-hydroxylation sites is 1. The van der Waals surface area contributed by atoms with Gasteiger partial charge < -0.3 is 4.74 Å². The van der Waals surface area contributed by atoms with Crippen molar-refractivity contribution in [1.82, 2.24) is 0 Å². The molecular formula is C19H21NOS2. The Morgan fingerprint density at radius 3 is 2.13 bits per heavy atom. The van der Waals surface area contributed by atoms with Gasteiger partial charge in [-0.3, -0.25) is 4.90 Å². The van der Waals surface area contributed by atoms with Gasteiger partial charge in [0.25, 0.3) is 5.17 Å². The van der Waals surface area contributed by atoms with Crippen molar-refractivity contribution in [3.8, 4) is 0 Å². The number of nitrogens with zero attached hydrogens (tertiary/aromatic N) is 1. The van der Waals surface area contributed by atoms with Crippen LogP contribution in [0, 0.1) is 5.92 Å². The molecule has 0 spiro atoms. The first kappa shape index (κ1) is 17.6. The quantitative estimate of drug-likeness (QED) is 0.690. The van der Waals surface area contributed by atoms with Crippen LogP contribution in [0.15, 0.2) is 60.7 Å². The molecule has 0 bridgehead atoms. The Hall–Kier alpha value is -1.78. The van der Waals surface area contributed by atoms with Crippen molar-refractivity contribution in [3.05, 3.63) is 66.2 Å². The largest absolute Gasteiger partial charge is 0.470 e. The van der Waals surface area contributed by atoms with E-state index >= 15 is 0 Å². The third-order valence-electron chi connectivity index (χ3n) is 3.61. The first-order chi connectivity index (χ1) is 11.1. The molecule has 0 aliphatic carbocycles. The fourth-order valence-corrected chi connectivity index (χ4v) is 2.64. The van der Waals surface area contributed by atoms with E-state index in [0.717, 1.165) is 17.7 Å². The molecule has 120 valence electrons. The SMILES string of the molecule is CC[C@H](C)COC(=S)N(C(=S)c1ccccc1)c1ccccc1. The van der Waals surface area contributed by atoms with Crippen LogP contribution in [0.2, 0.25) is 0 Å². The summed E-state index contributed by atoms with van der Waals surface area (Å²) in [6.45, 7) is 4.88. The first-order valence-electron chi connectivity index (χ1n) is 7.74. The summed E-state index contributed by atoms with van der Waals surface area (Å²) < 4.78 is 5.82. The number of hydrogen-bond donors (Lipinski definition) is 0. The Labute approximate surface area is 149 Å². The second-order valence-electron chi connectivity index (χ2n) is 5.43. The zero-order valence-corrected chi connectivity index (χ0v) is 15.1. The molecule has 2 rings (SSSR count). The number of benzene rings is 2. The maximum Gasteiger partial charge on any atom is 0.269 e. The molecule has 0 fully saturated rings. The number of rotatable bonds is 5. The first-order valence-corrected chi connectivity index (χ1v) is 8.56. The van der Waals surface area contributed by atoms with Crippen LogP contribution >= 0.6 is 24.4 Å². The van der Waals surface area contributed by atoms with Gasteiger partial charge in [0.05, 0.1) is 12.3 Å². The molecule has 0 aliphatic heterocycles. The third-order valence-corrected chi connectivity index (χ3v) is 4.33. The van der Waals surface area contributed by atoms with Crippen LogP contribution in [0.1, 0.15) is 25.8 Å². The zero-order chi connectivity index (χ0) is 16.7. The highest BCUT2D eigenvalue weighted by molar-refractivity contribution is 7.82. The van der Waals surface area contributed by atoms with Gasteiger partial charge in [-0.05, 0) is 30.3 Å². The van der Waals surface area contributed by atoms with Crippen molar-refractivity contribution < 1.29 is 4.74 Å². The van der Waals surface area contributed by atoms with Gasteiger partial charge in [-0.15, -0.1) is 0 Å². The Bertz CT molecular complexity index is 643. The number of thiocarbonyl (C=S) groups is 2. The summed E-state index contributed by atoms with van der Waals surface area (Å²) in [7, 11) is 0. The molecule has 2 aromatic carbocycles. The topological polar surface area (TPSA) is 12.5 Å². The average Bonchev–Trinajstić information content (AvgIpc) is 2.61. The number of hydrogen-bond acceptors (Lipinski definition) is 3. The predicted molar refractivity (Wildman–Crippen MR) is 105 cm³/mol. The van der Waals surface area contributed by atoms with E-state index in [2.05, 4.69) is 13.8 Å². The van der Waals surface area contributed by atoms with Crippen molar-refractivity contribution in [3.63, 3.8) is 0 Å². The maximum absolute atomic E-state index is 5.82. The molecule has 1 atom stereocenters. The van der Waals surface area contributed by atoms with E-state index in [1.165, 1.54) is 0 Å². The van der Waals surface area contributed by atoms with E-state index in [4.69, 9.17) is 29.2 Å². The Morgan fingerprint density at radius 2 is 1.57 bits per heavy atom. The van der Waals surface area contributed by atoms with E-state index in [0.29, 0.717) is 22.7 Å². The summed E-state index contributed by atoms with van der Waals surface area (Å²) in [4.78, 5) is 2.47. The summed E-state index contributed by atoms with van der Waals surface area (Å²) in [5.41, 5.74) is 1.86. The lowest BCUT2D eigenvalue weighted by Crippen LogP contribution is -2.37. The molecule has 0 aromatic heterocycles. The summed E-state index contributed by atoms with van der Waals surface area (Å²) >= 11 is 11.2. The van der Waals surface area contributed by atoms with E-state index in [1.54, 1.807) is 0 Å². The van der Waals surface area contributed by atoms with E-state index in [-0.39, 0.29) is 0 Å². The highest BCUT2D eigenvalue weighted by atomic mass is 32.1. The van der Waals surface area contributed by atoms with Gasteiger partial charge in [0, 0.05) is 5.56 Å². The maximum atomic E-state index is 5.82. The molecule has 0 saturated heterocycles. The van der Waals surface area contributed by atoms with Crippen LogP contribution in [0.3, 0.4) is 0 Å². The Kier molecular flexibility index (Phi) is 6.68. The lowest BCUT2D eigenvalue weighted by atomic mass is 10.1. The molecule has 0 radical (unpaired) electrons. The third kappa shape index (κ3) is 4.85. The van der Waals surface area contributed by atoms with E-state index in [9.17, 15) is 0 Å². The fraction of sp³-hybridized carbons (Fsp3) is 0.263. The second kappa shape index (κ2) is 8.75. The van der Waals surface area contributed by atoms with E-state index < -0.39 is 0 Å². The van der Waals surface area contributed by atoms with Crippen molar-refractivity contribution in [2.75, 3.05) is 11.5 Å². The van der Waals surface area contributed by atoms with Gasteiger partial charge in [-0.2, -0.15) is 0 Å². The van der Waals surface area contributed by atoms with Crippen molar-refractivity contribution in [2.45, 2.75) is 20.3 Å². The molecule has 0 N–H and O–H groups in total. The van der Waals surface area contributed by atoms with Crippen molar-refractivity contribution in [1.29, 1.82) is 0 Å². The van der Waals surface area contributed by atoms with Crippen molar-refractivity contribution in [2.24, 2.45) is 5.92 Å². The minimum Gasteiger partial charge on any atom is -0.470 e. The fourth-order valence-electron chi connectivity index (χ4n) is 1.99. The molecule has 0 saturated carbocycles. The number of ether oxygens (including phenoxy) is 1. The highest BCUT2D eigenvalue weighted by Crippen LogP contribution is 2.19. The van der Waals surface area contributed by atoms with Gasteiger partial charge >= 0.3 is 0 Å². The smallest absolute Gasteiger partial charge is 0.269 e. The minimum absolute atomic E-state index is 0.394. The van der Waals surface area contributed by atoms with Crippen LogP contribution in [0.25, 0.3) is 0 Å². The summed E-state index contributed by atoms with van der Waals surface area (Å²) in [5, 5.41) is 0.394. The molecule has 2 nitrogen and oxygen atoms in total. The zero-order valence-electron chi connectivity index (χ0n) is 13.4. The minimum atomic E-state index is 0.394. The molecule has 0 unspecified atom stereocenters. The average molecular weight is 344 g/mol. The Balaban J connectivity index is 2.26. The lowest BCUT2D eigenvalue weighted by Gasteiger charge is -2.26. The molecule has 23 heavy (non-hydrogen) atoms. The van der Waals surface area contributed by atoms with Crippen LogP contribution in [-0.2, 0) is 4.74 Å². The molecule has 0 amide bonds. The van der Waals surface area contributed by atoms with Gasteiger partial charge in [0.2, 0.25) is 0 Å². The summed E-state index contributed by atoms with van der Waals surface area (Å²) in [6, 6.07) is 19.7. The van der Waals surface area contributed by atoms with Gasteiger partial charge in [-0.1, -0.05) is 81.0 Å². The van der Waals surface area contributed by atoms with Crippen molar-refractivity contribution >= 4 is 40.3 Å². The molecular weight excluding hydrogens is 322 g/mol. The van der Waals surface area contributed by atoms with Gasteiger partial charge in [0.1, 0.15) is 4.99 Å². The van der Waals surface area contributed by atoms with Crippen LogP contribution in [0.5, 0.6) is 0 Å². The summed E-state index contributed by atoms with van der Waals surface area (Å²) in [6.07, 6.45) is 1.05. The van der Waals surface area contributed by atoms with Crippen LogP contribution in [0.4, 0.5) is 5.69 Å². The van der Waals surface area contributed by atoms with E-state index in [1.807, 2.05) is 65.6 Å². The second-order valence-corrected chi connectivity index (χ2v) is 6.17. The lowest BCUT2D eigenvalue weighted by molar-refractivity contribution is 0.248. The Morgan fingerprint density at radius 1 is 1.00 bits per heavy atom. The van der Waals surface area contributed by atoms with Crippen LogP contribution < -0.4 is 4.90 Å². The van der Waals surface area contributed by atoms with Gasteiger partial charge in [-0.25, -0.2) is 0 Å². The molecule has 4 heteroatoms. The predicted octanol–water partition coefficient (Wildman–Crippen LogP) is 5.22. The standard InChI is InChI=1S/C19H21NOS2/c1-3-15(2)14-21-19(23)20(17-12-8-5-9-13-17)18(22)16-10-6-4-7-11-16/h4-13,15H,3,14H2,1-2H3/t15-/m0/s1. The van der Waals surface area contributed by atoms with Crippen LogP contribution in [-0.4, -0.2) is 16.8 Å². The molecule has 2 aromatic rings. The molecule has 0 aliphatic rings.